The van der Waals surface area contributed by atoms with E-state index in [9.17, 15) is 14.9 Å². The van der Waals surface area contributed by atoms with Crippen LogP contribution in [0.4, 0.5) is 0 Å². The third kappa shape index (κ3) is 3.58. The summed E-state index contributed by atoms with van der Waals surface area (Å²) >= 11 is 0. The van der Waals surface area contributed by atoms with Gasteiger partial charge in [0.1, 0.15) is 0 Å². The summed E-state index contributed by atoms with van der Waals surface area (Å²) in [5, 5.41) is 21.2. The van der Waals surface area contributed by atoms with Crippen molar-refractivity contribution in [3.8, 4) is 0 Å². The van der Waals surface area contributed by atoms with Gasteiger partial charge in [-0.05, 0) is 57.3 Å². The summed E-state index contributed by atoms with van der Waals surface area (Å²) in [6.07, 6.45) is 0. The summed E-state index contributed by atoms with van der Waals surface area (Å²) in [6, 6.07) is 6.75. The van der Waals surface area contributed by atoms with Crippen molar-refractivity contribution in [2.45, 2.75) is 38.9 Å². The van der Waals surface area contributed by atoms with Crippen LogP contribution in [0.1, 0.15) is 38.1 Å². The van der Waals surface area contributed by atoms with E-state index in [2.05, 4.69) is 4.98 Å². The maximum atomic E-state index is 11.6. The molecule has 0 bridgehead atoms. The first-order chi connectivity index (χ1) is 10.5. The summed E-state index contributed by atoms with van der Waals surface area (Å²) < 4.78 is 10.3. The van der Waals surface area contributed by atoms with Crippen LogP contribution >= 0.6 is 0 Å². The fourth-order valence-corrected chi connectivity index (χ4v) is 2.02. The van der Waals surface area contributed by atoms with E-state index in [4.69, 9.17) is 9.39 Å². The van der Waals surface area contributed by atoms with Crippen LogP contribution in [0.5, 0.6) is 0 Å². The van der Waals surface area contributed by atoms with E-state index in [1.165, 1.54) is 7.11 Å². The summed E-state index contributed by atoms with van der Waals surface area (Å²) in [6.45, 7) is 6.64. The van der Waals surface area contributed by atoms with Gasteiger partial charge in [-0.25, -0.2) is 4.79 Å². The molecule has 1 aromatic carbocycles. The third-order valence-corrected chi connectivity index (χ3v) is 4.21. The predicted octanol–water partition coefficient (Wildman–Crippen LogP) is 1.21. The molecular formula is C16H22BNO5. The number of carbonyl (C=O) groups is 1. The molecule has 1 aromatic heterocycles. The SMILES string of the molecule is COC(=O)c1ccc2[nH]c(B(O)OC(C)(C)C(C)(C)O)cc2c1. The Morgan fingerprint density at radius 1 is 1.22 bits per heavy atom. The zero-order chi connectivity index (χ0) is 17.4. The number of aliphatic hydroxyl groups is 1. The number of rotatable bonds is 5. The topological polar surface area (TPSA) is 91.8 Å². The van der Waals surface area contributed by atoms with Crippen LogP contribution in [0.25, 0.3) is 10.9 Å². The average molecular weight is 319 g/mol. The lowest BCUT2D eigenvalue weighted by atomic mass is 9.80. The Labute approximate surface area is 135 Å². The molecule has 0 fully saturated rings. The second-order valence-corrected chi connectivity index (χ2v) is 6.56. The minimum absolute atomic E-state index is 0.422. The van der Waals surface area contributed by atoms with E-state index < -0.39 is 24.3 Å². The summed E-state index contributed by atoms with van der Waals surface area (Å²) in [4.78, 5) is 14.6. The Kier molecular flexibility index (Phi) is 4.57. The zero-order valence-corrected chi connectivity index (χ0v) is 14.0. The molecule has 0 amide bonds. The quantitative estimate of drug-likeness (QED) is 0.569. The molecule has 1 heterocycles. The Bertz CT molecular complexity index is 717. The average Bonchev–Trinajstić information content (AvgIpc) is 2.87. The number of H-pyrrole nitrogens is 1. The first kappa shape index (κ1) is 17.5. The minimum Gasteiger partial charge on any atom is -0.465 e. The molecular weight excluding hydrogens is 297 g/mol. The van der Waals surface area contributed by atoms with Crippen molar-refractivity contribution in [2.75, 3.05) is 7.11 Å². The molecule has 2 aromatic rings. The Balaban J connectivity index is 2.28. The maximum Gasteiger partial charge on any atom is 0.508 e. The molecule has 0 saturated carbocycles. The molecule has 7 heteroatoms. The van der Waals surface area contributed by atoms with Crippen molar-refractivity contribution >= 4 is 29.6 Å². The Morgan fingerprint density at radius 2 is 1.87 bits per heavy atom. The highest BCUT2D eigenvalue weighted by Crippen LogP contribution is 2.25. The number of ether oxygens (including phenoxy) is 1. The van der Waals surface area contributed by atoms with E-state index in [1.807, 2.05) is 0 Å². The molecule has 0 atom stereocenters. The van der Waals surface area contributed by atoms with E-state index >= 15 is 0 Å². The van der Waals surface area contributed by atoms with Crippen molar-refractivity contribution in [1.82, 2.24) is 4.98 Å². The van der Waals surface area contributed by atoms with Crippen LogP contribution in [0.2, 0.25) is 0 Å². The molecule has 2 rings (SSSR count). The highest BCUT2D eigenvalue weighted by molar-refractivity contribution is 6.59. The molecule has 6 nitrogen and oxygen atoms in total. The van der Waals surface area contributed by atoms with Gasteiger partial charge in [-0.1, -0.05) is 0 Å². The van der Waals surface area contributed by atoms with Gasteiger partial charge in [0.15, 0.2) is 0 Å². The number of aromatic nitrogens is 1. The van der Waals surface area contributed by atoms with Crippen molar-refractivity contribution < 1.29 is 24.3 Å². The third-order valence-electron chi connectivity index (χ3n) is 4.21. The number of methoxy groups -OCH3 is 1. The lowest BCUT2D eigenvalue weighted by Crippen LogP contribution is -2.53. The number of hydrogen-bond acceptors (Lipinski definition) is 5. The molecule has 23 heavy (non-hydrogen) atoms. The van der Waals surface area contributed by atoms with E-state index in [0.29, 0.717) is 11.2 Å². The number of nitrogens with one attached hydrogen (secondary N) is 1. The number of esters is 1. The molecule has 0 saturated heterocycles. The van der Waals surface area contributed by atoms with Gasteiger partial charge in [0.2, 0.25) is 0 Å². The van der Waals surface area contributed by atoms with Crippen molar-refractivity contribution in [2.24, 2.45) is 0 Å². The predicted molar refractivity (Wildman–Crippen MR) is 88.7 cm³/mol. The summed E-state index contributed by atoms with van der Waals surface area (Å²) in [5.41, 5.74) is -0.452. The highest BCUT2D eigenvalue weighted by atomic mass is 16.5. The van der Waals surface area contributed by atoms with Crippen molar-refractivity contribution in [3.63, 3.8) is 0 Å². The van der Waals surface area contributed by atoms with E-state index in [0.717, 1.165) is 10.9 Å². The first-order valence-corrected chi connectivity index (χ1v) is 7.34. The van der Waals surface area contributed by atoms with Crippen LogP contribution in [-0.2, 0) is 9.39 Å². The standard InChI is InChI=1S/C16H22BNO5/c1-15(2,20)16(3,4)23-17(21)13-9-11-8-10(14(19)22-5)6-7-12(11)18-13/h6-9,18,20-21H,1-5H3. The van der Waals surface area contributed by atoms with Crippen molar-refractivity contribution in [1.29, 1.82) is 0 Å². The van der Waals surface area contributed by atoms with Crippen molar-refractivity contribution in [3.05, 3.63) is 29.8 Å². The molecule has 0 aliphatic carbocycles. The monoisotopic (exact) mass is 319 g/mol. The summed E-state index contributed by atoms with van der Waals surface area (Å²) in [7, 11) is 0.0937. The molecule has 0 aliphatic rings. The lowest BCUT2D eigenvalue weighted by Gasteiger charge is -2.38. The van der Waals surface area contributed by atoms with Crippen LogP contribution in [-0.4, -0.2) is 46.5 Å². The second-order valence-electron chi connectivity index (χ2n) is 6.56. The van der Waals surface area contributed by atoms with Gasteiger partial charge in [0, 0.05) is 11.1 Å². The van der Waals surface area contributed by atoms with Gasteiger partial charge in [-0.3, -0.25) is 0 Å². The molecule has 3 N–H and O–H groups in total. The van der Waals surface area contributed by atoms with Gasteiger partial charge in [0.05, 0.1) is 23.9 Å². The first-order valence-electron chi connectivity index (χ1n) is 7.34. The molecule has 0 unspecified atom stereocenters. The molecule has 0 spiro atoms. The number of carbonyl (C=O) groups excluding carboxylic acids is 1. The maximum absolute atomic E-state index is 11.6. The number of aromatic amines is 1. The van der Waals surface area contributed by atoms with Crippen LogP contribution in [0.15, 0.2) is 24.3 Å². The lowest BCUT2D eigenvalue weighted by molar-refractivity contribution is -0.0983. The number of fused-ring (bicyclic) bond motifs is 1. The highest BCUT2D eigenvalue weighted by Gasteiger charge is 2.39. The Morgan fingerprint density at radius 3 is 2.43 bits per heavy atom. The minimum atomic E-state index is -1.23. The molecule has 124 valence electrons. The molecule has 0 radical (unpaired) electrons. The fraction of sp³-hybridized carbons (Fsp3) is 0.438. The number of benzene rings is 1. The van der Waals surface area contributed by atoms with Gasteiger partial charge in [0.25, 0.3) is 0 Å². The largest absolute Gasteiger partial charge is 0.508 e. The van der Waals surface area contributed by atoms with Gasteiger partial charge < -0.3 is 24.5 Å². The van der Waals surface area contributed by atoms with Gasteiger partial charge in [-0.2, -0.15) is 0 Å². The van der Waals surface area contributed by atoms with Gasteiger partial charge >= 0.3 is 13.1 Å². The second kappa shape index (κ2) is 6.00. The van der Waals surface area contributed by atoms with Crippen LogP contribution in [0, 0.1) is 0 Å². The normalized spacial score (nSPS) is 12.5. The van der Waals surface area contributed by atoms with Crippen LogP contribution < -0.4 is 5.59 Å². The Hall–Kier alpha value is -1.83. The smallest absolute Gasteiger partial charge is 0.465 e. The molecule has 0 aliphatic heterocycles. The zero-order valence-electron chi connectivity index (χ0n) is 14.0. The van der Waals surface area contributed by atoms with E-state index in [-0.39, 0.29) is 0 Å². The fourth-order valence-electron chi connectivity index (χ4n) is 2.02. The van der Waals surface area contributed by atoms with Gasteiger partial charge in [-0.15, -0.1) is 0 Å². The van der Waals surface area contributed by atoms with E-state index in [1.54, 1.807) is 52.0 Å². The summed E-state index contributed by atoms with van der Waals surface area (Å²) in [5.74, 6) is -0.422. The van der Waals surface area contributed by atoms with Crippen LogP contribution in [0.3, 0.4) is 0 Å². The number of hydrogen-bond donors (Lipinski definition) is 3.